The van der Waals surface area contributed by atoms with Gasteiger partial charge in [0.2, 0.25) is 0 Å². The highest BCUT2D eigenvalue weighted by Gasteiger charge is 2.08. The van der Waals surface area contributed by atoms with E-state index in [9.17, 15) is 4.79 Å². The molecule has 1 rings (SSSR count). The number of hydrogen-bond acceptors (Lipinski definition) is 3. The molecule has 0 fully saturated rings. The highest BCUT2D eigenvalue weighted by Crippen LogP contribution is 2.12. The summed E-state index contributed by atoms with van der Waals surface area (Å²) in [4.78, 5) is 11.6. The Balaban J connectivity index is 2.33. The molecular formula is C15H21BrN2O3. The first-order valence-electron chi connectivity index (χ1n) is 6.85. The molecule has 5 nitrogen and oxygen atoms in total. The lowest BCUT2D eigenvalue weighted by Crippen LogP contribution is -2.39. The Morgan fingerprint density at radius 2 is 2.05 bits per heavy atom. The van der Waals surface area contributed by atoms with Gasteiger partial charge in [-0.05, 0) is 37.6 Å². The lowest BCUT2D eigenvalue weighted by atomic mass is 10.2. The first kappa shape index (κ1) is 17.7. The highest BCUT2D eigenvalue weighted by molar-refractivity contribution is 9.10. The molecule has 0 heterocycles. The Hall–Kier alpha value is -1.37. The summed E-state index contributed by atoms with van der Waals surface area (Å²) in [6, 6.07) is 7.47. The van der Waals surface area contributed by atoms with Crippen LogP contribution in [0.1, 0.15) is 19.4 Å². The normalized spacial score (nSPS) is 11.0. The van der Waals surface area contributed by atoms with Gasteiger partial charge in [0, 0.05) is 23.9 Å². The molecule has 0 saturated carbocycles. The van der Waals surface area contributed by atoms with E-state index >= 15 is 0 Å². The molecule has 6 heteroatoms. The van der Waals surface area contributed by atoms with Gasteiger partial charge < -0.3 is 20.1 Å². The van der Waals surface area contributed by atoms with Crippen LogP contribution in [-0.2, 0) is 9.47 Å². The van der Waals surface area contributed by atoms with Crippen molar-refractivity contribution in [3.05, 3.63) is 40.5 Å². The lowest BCUT2D eigenvalue weighted by molar-refractivity contribution is -0.131. The smallest absolute Gasteiger partial charge is 0.318 e. The van der Waals surface area contributed by atoms with Crippen molar-refractivity contribution >= 4 is 28.0 Å². The zero-order valence-electron chi connectivity index (χ0n) is 12.3. The molecule has 1 aromatic rings. The maximum absolute atomic E-state index is 11.6. The maximum atomic E-state index is 11.6. The molecule has 1 aromatic carbocycles. The van der Waals surface area contributed by atoms with Gasteiger partial charge in [-0.1, -0.05) is 28.1 Å². The van der Waals surface area contributed by atoms with Crippen LogP contribution in [0.4, 0.5) is 4.79 Å². The fraction of sp³-hybridized carbons (Fsp3) is 0.400. The predicted molar refractivity (Wildman–Crippen MR) is 86.8 cm³/mol. The molecule has 0 radical (unpaired) electrons. The number of carbonyl (C=O) groups excluding carboxylic acids is 1. The van der Waals surface area contributed by atoms with Crippen molar-refractivity contribution in [2.45, 2.75) is 20.1 Å². The molecule has 116 valence electrons. The third-order valence-electron chi connectivity index (χ3n) is 2.47. The second kappa shape index (κ2) is 10.4. The fourth-order valence-electron chi connectivity index (χ4n) is 1.59. The van der Waals surface area contributed by atoms with Crippen molar-refractivity contribution in [1.29, 1.82) is 0 Å². The van der Waals surface area contributed by atoms with Gasteiger partial charge in [0.05, 0.1) is 6.54 Å². The Bertz CT molecular complexity index is 460. The van der Waals surface area contributed by atoms with Crippen molar-refractivity contribution in [3.8, 4) is 0 Å². The number of halogens is 1. The molecule has 2 N–H and O–H groups in total. The number of ether oxygens (including phenoxy) is 2. The molecule has 0 aliphatic heterocycles. The van der Waals surface area contributed by atoms with Crippen molar-refractivity contribution in [2.24, 2.45) is 0 Å². The van der Waals surface area contributed by atoms with Crippen LogP contribution in [0.3, 0.4) is 0 Å². The summed E-state index contributed by atoms with van der Waals surface area (Å²) in [7, 11) is 0. The van der Waals surface area contributed by atoms with E-state index in [1.807, 2.05) is 44.2 Å². The van der Waals surface area contributed by atoms with Crippen molar-refractivity contribution < 1.29 is 14.3 Å². The molecule has 0 aliphatic rings. The van der Waals surface area contributed by atoms with Crippen LogP contribution in [0, 0.1) is 0 Å². The topological polar surface area (TPSA) is 59.6 Å². The van der Waals surface area contributed by atoms with Crippen LogP contribution < -0.4 is 10.6 Å². The van der Waals surface area contributed by atoms with E-state index in [-0.39, 0.29) is 6.03 Å². The Morgan fingerprint density at radius 1 is 1.33 bits per heavy atom. The summed E-state index contributed by atoms with van der Waals surface area (Å²) >= 11 is 3.39. The summed E-state index contributed by atoms with van der Waals surface area (Å²) in [5, 5.41) is 5.32. The highest BCUT2D eigenvalue weighted by atomic mass is 79.9. The largest absolute Gasteiger partial charge is 0.351 e. The molecule has 0 aromatic heterocycles. The van der Waals surface area contributed by atoms with Crippen LogP contribution in [0.15, 0.2) is 34.9 Å². The van der Waals surface area contributed by atoms with Crippen LogP contribution >= 0.6 is 15.9 Å². The summed E-state index contributed by atoms with van der Waals surface area (Å²) < 4.78 is 11.7. The third kappa shape index (κ3) is 7.84. The van der Waals surface area contributed by atoms with Gasteiger partial charge in [-0.25, -0.2) is 4.79 Å². The second-order valence-electron chi connectivity index (χ2n) is 4.08. The SMILES string of the molecule is CCOC(CNC(=O)N/C=C/c1cccc(Br)c1)OCC. The summed E-state index contributed by atoms with van der Waals surface area (Å²) in [6.07, 6.45) is 2.99. The second-order valence-corrected chi connectivity index (χ2v) is 5.00. The zero-order chi connectivity index (χ0) is 15.5. The minimum absolute atomic E-state index is 0.300. The number of amides is 2. The molecule has 0 saturated heterocycles. The quantitative estimate of drug-likeness (QED) is 0.703. The van der Waals surface area contributed by atoms with Gasteiger partial charge in [-0.3, -0.25) is 0 Å². The number of urea groups is 1. The van der Waals surface area contributed by atoms with Gasteiger partial charge in [-0.15, -0.1) is 0 Å². The summed E-state index contributed by atoms with van der Waals surface area (Å²) in [5.41, 5.74) is 0.992. The molecule has 21 heavy (non-hydrogen) atoms. The molecule has 2 amide bonds. The number of carbonyl (C=O) groups is 1. The number of benzene rings is 1. The first-order valence-corrected chi connectivity index (χ1v) is 7.64. The summed E-state index contributed by atoms with van der Waals surface area (Å²) in [5.74, 6) is 0. The Kier molecular flexibility index (Phi) is 8.73. The lowest BCUT2D eigenvalue weighted by Gasteiger charge is -2.17. The standard InChI is InChI=1S/C15H21BrN2O3/c1-3-20-14(21-4-2)11-18-15(19)17-9-8-12-6-5-7-13(16)10-12/h5-10,14H,3-4,11H2,1-2H3,(H2,17,18,19)/b9-8+. The maximum Gasteiger partial charge on any atom is 0.318 e. The van der Waals surface area contributed by atoms with Crippen LogP contribution in [0.5, 0.6) is 0 Å². The zero-order valence-corrected chi connectivity index (χ0v) is 13.9. The van der Waals surface area contributed by atoms with Crippen LogP contribution in [0.2, 0.25) is 0 Å². The average molecular weight is 357 g/mol. The molecule has 0 aliphatic carbocycles. The van der Waals surface area contributed by atoms with Crippen molar-refractivity contribution in [2.75, 3.05) is 19.8 Å². The first-order chi connectivity index (χ1) is 10.2. The molecule has 0 unspecified atom stereocenters. The van der Waals surface area contributed by atoms with E-state index in [0.717, 1.165) is 10.0 Å². The van der Waals surface area contributed by atoms with E-state index in [1.54, 1.807) is 6.20 Å². The minimum Gasteiger partial charge on any atom is -0.351 e. The van der Waals surface area contributed by atoms with Gasteiger partial charge in [0.25, 0.3) is 0 Å². The van der Waals surface area contributed by atoms with E-state index in [0.29, 0.717) is 19.8 Å². The van der Waals surface area contributed by atoms with Crippen LogP contribution in [0.25, 0.3) is 6.08 Å². The van der Waals surface area contributed by atoms with Gasteiger partial charge in [0.1, 0.15) is 0 Å². The molecule has 0 bridgehead atoms. The summed E-state index contributed by atoms with van der Waals surface area (Å²) in [6.45, 7) is 5.14. The van der Waals surface area contributed by atoms with Gasteiger partial charge >= 0.3 is 6.03 Å². The number of hydrogen-bond donors (Lipinski definition) is 2. The van der Waals surface area contributed by atoms with Gasteiger partial charge in [0.15, 0.2) is 6.29 Å². The molecule has 0 atom stereocenters. The van der Waals surface area contributed by atoms with E-state index in [4.69, 9.17) is 9.47 Å². The Labute approximate surface area is 133 Å². The molecular weight excluding hydrogens is 336 g/mol. The van der Waals surface area contributed by atoms with Crippen molar-refractivity contribution in [3.63, 3.8) is 0 Å². The minimum atomic E-state index is -0.417. The van der Waals surface area contributed by atoms with Crippen molar-refractivity contribution in [1.82, 2.24) is 10.6 Å². The third-order valence-corrected chi connectivity index (χ3v) is 2.97. The molecule has 0 spiro atoms. The van der Waals surface area contributed by atoms with Gasteiger partial charge in [-0.2, -0.15) is 0 Å². The average Bonchev–Trinajstić information content (AvgIpc) is 2.45. The van der Waals surface area contributed by atoms with E-state index in [1.165, 1.54) is 0 Å². The number of nitrogens with one attached hydrogen (secondary N) is 2. The number of rotatable bonds is 8. The fourth-order valence-corrected chi connectivity index (χ4v) is 2.01. The van der Waals surface area contributed by atoms with Crippen LogP contribution in [-0.4, -0.2) is 32.1 Å². The monoisotopic (exact) mass is 356 g/mol. The van der Waals surface area contributed by atoms with E-state index < -0.39 is 6.29 Å². The Morgan fingerprint density at radius 3 is 2.67 bits per heavy atom. The van der Waals surface area contributed by atoms with E-state index in [2.05, 4.69) is 26.6 Å². The predicted octanol–water partition coefficient (Wildman–Crippen LogP) is 3.12.